The summed E-state index contributed by atoms with van der Waals surface area (Å²) in [6.45, 7) is 4.47. The fraction of sp³-hybridized carbons (Fsp3) is 0.696. The first kappa shape index (κ1) is 21.7. The zero-order valence-corrected chi connectivity index (χ0v) is 16.5. The molecule has 2 nitrogen and oxygen atoms in total. The number of para-hydroxylation sites is 1. The third-order valence-electron chi connectivity index (χ3n) is 4.93. The number of ether oxygens (including phenoxy) is 1. The molecule has 1 aromatic carbocycles. The van der Waals surface area contributed by atoms with Crippen LogP contribution >= 0.6 is 0 Å². The first-order valence-electron chi connectivity index (χ1n) is 10.4. The summed E-state index contributed by atoms with van der Waals surface area (Å²) in [7, 11) is 0. The van der Waals surface area contributed by atoms with Gasteiger partial charge in [0.2, 0.25) is 0 Å². The van der Waals surface area contributed by atoms with E-state index < -0.39 is 0 Å². The van der Waals surface area contributed by atoms with Gasteiger partial charge in [-0.2, -0.15) is 0 Å². The number of Topliss-reactive ketones (excluding diaryl/α,β-unsaturated/α-hetero) is 1. The normalized spacial score (nSPS) is 12.1. The highest BCUT2D eigenvalue weighted by Gasteiger charge is 2.14. The first-order chi connectivity index (χ1) is 12.2. The van der Waals surface area contributed by atoms with Gasteiger partial charge in [0.15, 0.2) is 0 Å². The quantitative estimate of drug-likeness (QED) is 0.302. The molecule has 0 fully saturated rings. The van der Waals surface area contributed by atoms with Crippen LogP contribution in [0.3, 0.4) is 0 Å². The summed E-state index contributed by atoms with van der Waals surface area (Å²) in [6.07, 6.45) is 15.7. The molecule has 0 aliphatic rings. The first-order valence-corrected chi connectivity index (χ1v) is 10.4. The minimum absolute atomic E-state index is 0.0405. The van der Waals surface area contributed by atoms with E-state index in [0.717, 1.165) is 18.6 Å². The third kappa shape index (κ3) is 11.8. The van der Waals surface area contributed by atoms with Gasteiger partial charge in [-0.3, -0.25) is 4.79 Å². The number of carbonyl (C=O) groups excluding carboxylic acids is 1. The molecule has 2 heteroatoms. The minimum Gasteiger partial charge on any atom is -0.493 e. The van der Waals surface area contributed by atoms with Crippen LogP contribution in [-0.2, 0) is 4.79 Å². The molecule has 0 saturated carbocycles. The van der Waals surface area contributed by atoms with Crippen LogP contribution in [0.15, 0.2) is 30.3 Å². The SMILES string of the molecule is CCCCCCCCCCCCCC(COc1ccccc1)C(C)=O. The maximum Gasteiger partial charge on any atom is 0.136 e. The number of ketones is 1. The van der Waals surface area contributed by atoms with Crippen LogP contribution in [0.25, 0.3) is 0 Å². The molecule has 25 heavy (non-hydrogen) atoms. The maximum atomic E-state index is 11.8. The molecule has 0 aliphatic heterocycles. The van der Waals surface area contributed by atoms with Gasteiger partial charge in [0.25, 0.3) is 0 Å². The van der Waals surface area contributed by atoms with Crippen LogP contribution in [0, 0.1) is 5.92 Å². The van der Waals surface area contributed by atoms with E-state index in [2.05, 4.69) is 6.92 Å². The average Bonchev–Trinajstić information content (AvgIpc) is 2.62. The number of benzene rings is 1. The fourth-order valence-corrected chi connectivity index (χ4v) is 3.17. The third-order valence-corrected chi connectivity index (χ3v) is 4.93. The Bertz CT molecular complexity index is 427. The van der Waals surface area contributed by atoms with Crippen LogP contribution in [0.2, 0.25) is 0 Å². The predicted molar refractivity (Wildman–Crippen MR) is 107 cm³/mol. The maximum absolute atomic E-state index is 11.8. The van der Waals surface area contributed by atoms with Crippen molar-refractivity contribution in [3.63, 3.8) is 0 Å². The standard InChI is InChI=1S/C23H38O2/c1-3-4-5-6-7-8-9-10-11-12-14-17-22(21(2)24)20-25-23-18-15-13-16-19-23/h13,15-16,18-19,22H,3-12,14,17,20H2,1-2H3. The van der Waals surface area contributed by atoms with E-state index in [4.69, 9.17) is 4.74 Å². The van der Waals surface area contributed by atoms with Crippen LogP contribution in [0.4, 0.5) is 0 Å². The molecule has 0 heterocycles. The molecule has 0 aromatic heterocycles. The Hall–Kier alpha value is -1.31. The molecule has 0 bridgehead atoms. The van der Waals surface area contributed by atoms with Gasteiger partial charge in [-0.25, -0.2) is 0 Å². The van der Waals surface area contributed by atoms with Gasteiger partial charge in [-0.05, 0) is 25.5 Å². The lowest BCUT2D eigenvalue weighted by Gasteiger charge is -2.15. The molecule has 1 aromatic rings. The molecule has 1 atom stereocenters. The zero-order chi connectivity index (χ0) is 18.2. The van der Waals surface area contributed by atoms with E-state index >= 15 is 0 Å². The van der Waals surface area contributed by atoms with E-state index in [9.17, 15) is 4.79 Å². The smallest absolute Gasteiger partial charge is 0.136 e. The topological polar surface area (TPSA) is 26.3 Å². The summed E-state index contributed by atoms with van der Waals surface area (Å²) < 4.78 is 5.76. The second-order valence-electron chi connectivity index (χ2n) is 7.26. The number of rotatable bonds is 16. The Morgan fingerprint density at radius 3 is 1.88 bits per heavy atom. The summed E-state index contributed by atoms with van der Waals surface area (Å²) in [5.41, 5.74) is 0. The van der Waals surface area contributed by atoms with Gasteiger partial charge in [0.1, 0.15) is 11.5 Å². The lowest BCUT2D eigenvalue weighted by atomic mass is 9.97. The van der Waals surface area contributed by atoms with E-state index in [1.807, 2.05) is 30.3 Å². The Kier molecular flexibility index (Phi) is 13.0. The lowest BCUT2D eigenvalue weighted by molar-refractivity contribution is -0.121. The van der Waals surface area contributed by atoms with Crippen LogP contribution < -0.4 is 4.74 Å². The van der Waals surface area contributed by atoms with E-state index in [1.165, 1.54) is 64.2 Å². The van der Waals surface area contributed by atoms with E-state index in [1.54, 1.807) is 6.92 Å². The zero-order valence-electron chi connectivity index (χ0n) is 16.5. The van der Waals surface area contributed by atoms with Gasteiger partial charge in [-0.1, -0.05) is 95.8 Å². The van der Waals surface area contributed by atoms with E-state index in [-0.39, 0.29) is 11.7 Å². The highest BCUT2D eigenvalue weighted by atomic mass is 16.5. The molecule has 0 radical (unpaired) electrons. The van der Waals surface area contributed by atoms with Crippen molar-refractivity contribution in [2.45, 2.75) is 90.9 Å². The summed E-state index contributed by atoms with van der Waals surface area (Å²) in [5, 5.41) is 0. The Morgan fingerprint density at radius 1 is 0.840 bits per heavy atom. The molecule has 0 aliphatic carbocycles. The molecule has 0 spiro atoms. The molecular formula is C23H38O2. The van der Waals surface area contributed by atoms with Crippen molar-refractivity contribution < 1.29 is 9.53 Å². The fourth-order valence-electron chi connectivity index (χ4n) is 3.17. The number of hydrogen-bond acceptors (Lipinski definition) is 2. The molecule has 142 valence electrons. The van der Waals surface area contributed by atoms with Gasteiger partial charge >= 0.3 is 0 Å². The van der Waals surface area contributed by atoms with Gasteiger partial charge in [-0.15, -0.1) is 0 Å². The van der Waals surface area contributed by atoms with Gasteiger partial charge in [0.05, 0.1) is 12.5 Å². The van der Waals surface area contributed by atoms with Crippen LogP contribution in [-0.4, -0.2) is 12.4 Å². The molecule has 0 saturated heterocycles. The summed E-state index contributed by atoms with van der Waals surface area (Å²) in [6, 6.07) is 9.78. The summed E-state index contributed by atoms with van der Waals surface area (Å²) in [4.78, 5) is 11.8. The largest absolute Gasteiger partial charge is 0.493 e. The molecule has 0 N–H and O–H groups in total. The van der Waals surface area contributed by atoms with E-state index in [0.29, 0.717) is 6.61 Å². The predicted octanol–water partition coefficient (Wildman–Crippen LogP) is 6.97. The average molecular weight is 347 g/mol. The van der Waals surface area contributed by atoms with Crippen LogP contribution in [0.1, 0.15) is 90.9 Å². The summed E-state index contributed by atoms with van der Waals surface area (Å²) in [5.74, 6) is 1.15. The minimum atomic E-state index is 0.0405. The molecule has 1 unspecified atom stereocenters. The van der Waals surface area contributed by atoms with Crippen molar-refractivity contribution in [2.24, 2.45) is 5.92 Å². The second kappa shape index (κ2) is 15.0. The van der Waals surface area contributed by atoms with Crippen molar-refractivity contribution in [3.8, 4) is 5.75 Å². The van der Waals surface area contributed by atoms with Crippen molar-refractivity contribution in [3.05, 3.63) is 30.3 Å². The highest BCUT2D eigenvalue weighted by Crippen LogP contribution is 2.17. The lowest BCUT2D eigenvalue weighted by Crippen LogP contribution is -2.19. The Labute approximate surface area is 155 Å². The second-order valence-corrected chi connectivity index (χ2v) is 7.26. The number of carbonyl (C=O) groups is 1. The molecular weight excluding hydrogens is 308 g/mol. The monoisotopic (exact) mass is 346 g/mol. The molecule has 1 rings (SSSR count). The van der Waals surface area contributed by atoms with Crippen molar-refractivity contribution >= 4 is 5.78 Å². The number of hydrogen-bond donors (Lipinski definition) is 0. The van der Waals surface area contributed by atoms with Crippen molar-refractivity contribution in [1.82, 2.24) is 0 Å². The number of unbranched alkanes of at least 4 members (excludes halogenated alkanes) is 10. The van der Waals surface area contributed by atoms with Crippen LogP contribution in [0.5, 0.6) is 5.75 Å². The highest BCUT2D eigenvalue weighted by molar-refractivity contribution is 5.78. The van der Waals surface area contributed by atoms with Crippen molar-refractivity contribution in [1.29, 1.82) is 0 Å². The Morgan fingerprint density at radius 2 is 1.36 bits per heavy atom. The molecule has 0 amide bonds. The van der Waals surface area contributed by atoms with Gasteiger partial charge < -0.3 is 4.74 Å². The summed E-state index contributed by atoms with van der Waals surface area (Å²) >= 11 is 0. The Balaban J connectivity index is 2.01. The van der Waals surface area contributed by atoms with Gasteiger partial charge in [0, 0.05) is 0 Å². The van der Waals surface area contributed by atoms with Crippen molar-refractivity contribution in [2.75, 3.05) is 6.61 Å².